The molecule has 6 heteroatoms. The van der Waals surface area contributed by atoms with Gasteiger partial charge in [-0.1, -0.05) is 34.1 Å². The zero-order valence-electron chi connectivity index (χ0n) is 12.2. The normalized spacial score (nSPS) is 24.5. The van der Waals surface area contributed by atoms with E-state index in [2.05, 4.69) is 15.9 Å². The van der Waals surface area contributed by atoms with E-state index in [4.69, 9.17) is 4.74 Å². The van der Waals surface area contributed by atoms with Crippen LogP contribution in [0.25, 0.3) is 0 Å². The average Bonchev–Trinajstić information content (AvgIpc) is 2.89. The van der Waals surface area contributed by atoms with Gasteiger partial charge in [0.05, 0.1) is 18.6 Å². The van der Waals surface area contributed by atoms with Gasteiger partial charge in [0.25, 0.3) is 0 Å². The van der Waals surface area contributed by atoms with Crippen molar-refractivity contribution in [3.8, 4) is 0 Å². The number of carbonyl (C=O) groups excluding carboxylic acids is 2. The molecule has 0 spiro atoms. The number of ether oxygens (including phenoxy) is 1. The van der Waals surface area contributed by atoms with Crippen molar-refractivity contribution in [1.29, 1.82) is 0 Å². The Bertz CT molecular complexity index is 614. The molecule has 0 aromatic heterocycles. The summed E-state index contributed by atoms with van der Waals surface area (Å²) < 4.78 is 6.18. The predicted octanol–water partition coefficient (Wildman–Crippen LogP) is 2.65. The van der Waals surface area contributed by atoms with Gasteiger partial charge in [0.1, 0.15) is 0 Å². The lowest BCUT2D eigenvalue weighted by atomic mass is 9.91. The Kier molecular flexibility index (Phi) is 4.31. The molecule has 5 nitrogen and oxygen atoms in total. The first kappa shape index (κ1) is 15.2. The third-order valence-electron chi connectivity index (χ3n) is 3.95. The smallest absolute Gasteiger partial charge is 0.314 e. The molecule has 1 aromatic carbocycles. The van der Waals surface area contributed by atoms with Crippen LogP contribution in [0, 0.1) is 5.92 Å². The van der Waals surface area contributed by atoms with Gasteiger partial charge in [-0.3, -0.25) is 9.59 Å². The minimum absolute atomic E-state index is 0.0562. The van der Waals surface area contributed by atoms with Gasteiger partial charge in [-0.2, -0.15) is 0 Å². The molecule has 22 heavy (non-hydrogen) atoms. The van der Waals surface area contributed by atoms with E-state index in [1.807, 2.05) is 29.3 Å². The van der Waals surface area contributed by atoms with E-state index in [1.54, 1.807) is 24.2 Å². The molecule has 116 valence electrons. The lowest BCUT2D eigenvalue weighted by molar-refractivity contribution is -0.154. The number of benzene rings is 1. The van der Waals surface area contributed by atoms with Gasteiger partial charge in [0, 0.05) is 23.6 Å². The van der Waals surface area contributed by atoms with Gasteiger partial charge in [-0.15, -0.1) is 0 Å². The largest absolute Gasteiger partial charge is 0.465 e. The molecule has 0 bridgehead atoms. The quantitative estimate of drug-likeness (QED) is 0.773. The molecule has 2 atom stereocenters. The number of nitrogens with zero attached hydrogens (tertiary/aromatic N) is 2. The van der Waals surface area contributed by atoms with E-state index in [0.717, 1.165) is 10.0 Å². The fraction of sp³-hybridized carbons (Fsp3) is 0.375. The van der Waals surface area contributed by atoms with E-state index < -0.39 is 5.92 Å². The third-order valence-corrected chi connectivity index (χ3v) is 4.48. The van der Waals surface area contributed by atoms with Gasteiger partial charge < -0.3 is 4.74 Å². The summed E-state index contributed by atoms with van der Waals surface area (Å²) in [6.45, 7) is 2.75. The topological polar surface area (TPSA) is 49.9 Å². The first-order valence-corrected chi connectivity index (χ1v) is 8.10. The zero-order chi connectivity index (χ0) is 15.7. The van der Waals surface area contributed by atoms with E-state index in [0.29, 0.717) is 19.6 Å². The molecule has 0 saturated carbocycles. The fourth-order valence-electron chi connectivity index (χ4n) is 2.97. The molecular formula is C16H17BrN2O3. The lowest BCUT2D eigenvalue weighted by Crippen LogP contribution is -2.45. The molecule has 0 radical (unpaired) electrons. The third kappa shape index (κ3) is 2.68. The Morgan fingerprint density at radius 3 is 2.77 bits per heavy atom. The van der Waals surface area contributed by atoms with Gasteiger partial charge >= 0.3 is 5.97 Å². The molecule has 1 aromatic rings. The van der Waals surface area contributed by atoms with Gasteiger partial charge in [0.2, 0.25) is 5.91 Å². The number of rotatable bonds is 3. The van der Waals surface area contributed by atoms with Crippen molar-refractivity contribution in [2.24, 2.45) is 5.92 Å². The van der Waals surface area contributed by atoms with Crippen LogP contribution in [-0.4, -0.2) is 35.0 Å². The van der Waals surface area contributed by atoms with Crippen molar-refractivity contribution < 1.29 is 14.3 Å². The molecule has 0 aliphatic carbocycles. The van der Waals surface area contributed by atoms with Crippen LogP contribution in [0.4, 0.5) is 0 Å². The number of carbonyl (C=O) groups is 2. The molecule has 2 heterocycles. The van der Waals surface area contributed by atoms with Crippen LogP contribution in [0.15, 0.2) is 41.0 Å². The molecular weight excluding hydrogens is 348 g/mol. The van der Waals surface area contributed by atoms with E-state index in [-0.39, 0.29) is 17.9 Å². The van der Waals surface area contributed by atoms with Crippen molar-refractivity contribution in [1.82, 2.24) is 10.0 Å². The van der Waals surface area contributed by atoms with Gasteiger partial charge in [0.15, 0.2) is 0 Å². The number of esters is 1. The summed E-state index contributed by atoms with van der Waals surface area (Å²) in [4.78, 5) is 24.3. The second kappa shape index (κ2) is 6.22. The predicted molar refractivity (Wildman–Crippen MR) is 84.3 cm³/mol. The highest BCUT2D eigenvalue weighted by Crippen LogP contribution is 2.38. The average molecular weight is 365 g/mol. The number of amides is 1. The summed E-state index contributed by atoms with van der Waals surface area (Å²) >= 11 is 3.42. The Morgan fingerprint density at radius 1 is 1.36 bits per heavy atom. The van der Waals surface area contributed by atoms with Crippen molar-refractivity contribution >= 4 is 27.8 Å². The molecule has 1 fully saturated rings. The SMILES string of the molecule is CCOC(=O)[C@H]1C=CN2C(=O)CCN2[C@@H]1c1ccc(Br)cc1. The highest BCUT2D eigenvalue weighted by molar-refractivity contribution is 9.10. The number of fused-ring (bicyclic) bond motifs is 1. The first-order valence-electron chi connectivity index (χ1n) is 7.31. The summed E-state index contributed by atoms with van der Waals surface area (Å²) in [6, 6.07) is 7.61. The molecule has 3 rings (SSSR count). The van der Waals surface area contributed by atoms with Gasteiger partial charge in [-0.05, 0) is 24.6 Å². The highest BCUT2D eigenvalue weighted by atomic mass is 79.9. The van der Waals surface area contributed by atoms with Gasteiger partial charge in [-0.25, -0.2) is 10.0 Å². The fourth-order valence-corrected chi connectivity index (χ4v) is 3.23. The van der Waals surface area contributed by atoms with Crippen molar-refractivity contribution in [2.75, 3.05) is 13.2 Å². The lowest BCUT2D eigenvalue weighted by Gasteiger charge is -2.39. The van der Waals surface area contributed by atoms with E-state index in [1.165, 1.54) is 0 Å². The number of halogens is 1. The summed E-state index contributed by atoms with van der Waals surface area (Å²) in [5.74, 6) is -0.616. The second-order valence-electron chi connectivity index (χ2n) is 5.27. The van der Waals surface area contributed by atoms with Crippen LogP contribution >= 0.6 is 15.9 Å². The standard InChI is InChI=1S/C16H17BrN2O3/c1-2-22-16(21)13-7-9-18-14(20)8-10-19(18)15(13)11-3-5-12(17)6-4-11/h3-7,9,13,15H,2,8,10H2,1H3/t13-,15+/m0/s1. The Hall–Kier alpha value is -1.66. The van der Waals surface area contributed by atoms with Crippen LogP contribution in [0.1, 0.15) is 24.9 Å². The van der Waals surface area contributed by atoms with Crippen LogP contribution < -0.4 is 0 Å². The minimum Gasteiger partial charge on any atom is -0.465 e. The van der Waals surface area contributed by atoms with Crippen molar-refractivity contribution in [3.05, 3.63) is 46.6 Å². The molecule has 2 aliphatic rings. The Balaban J connectivity index is 1.99. The minimum atomic E-state index is -0.414. The molecule has 0 unspecified atom stereocenters. The van der Waals surface area contributed by atoms with Crippen molar-refractivity contribution in [3.63, 3.8) is 0 Å². The summed E-state index contributed by atoms with van der Waals surface area (Å²) in [5, 5.41) is 3.57. The van der Waals surface area contributed by atoms with Crippen molar-refractivity contribution in [2.45, 2.75) is 19.4 Å². The van der Waals surface area contributed by atoms with E-state index in [9.17, 15) is 9.59 Å². The maximum absolute atomic E-state index is 12.3. The van der Waals surface area contributed by atoms with E-state index >= 15 is 0 Å². The number of hydrogen-bond acceptors (Lipinski definition) is 4. The Labute approximate surface area is 137 Å². The molecule has 2 aliphatic heterocycles. The Morgan fingerprint density at radius 2 is 2.09 bits per heavy atom. The summed E-state index contributed by atoms with van der Waals surface area (Å²) in [6.07, 6.45) is 3.92. The van der Waals surface area contributed by atoms with Crippen LogP contribution in [0.2, 0.25) is 0 Å². The first-order chi connectivity index (χ1) is 10.6. The molecule has 0 N–H and O–H groups in total. The van der Waals surface area contributed by atoms with Crippen LogP contribution in [0.3, 0.4) is 0 Å². The maximum Gasteiger partial charge on any atom is 0.314 e. The highest BCUT2D eigenvalue weighted by Gasteiger charge is 2.43. The number of hydrogen-bond donors (Lipinski definition) is 0. The maximum atomic E-state index is 12.3. The second-order valence-corrected chi connectivity index (χ2v) is 6.18. The molecule has 1 saturated heterocycles. The molecule has 1 amide bonds. The van der Waals surface area contributed by atoms with Crippen LogP contribution in [0.5, 0.6) is 0 Å². The zero-order valence-corrected chi connectivity index (χ0v) is 13.8. The number of hydrazine groups is 1. The monoisotopic (exact) mass is 364 g/mol. The summed E-state index contributed by atoms with van der Waals surface area (Å²) in [7, 11) is 0. The van der Waals surface area contributed by atoms with Crippen LogP contribution in [-0.2, 0) is 14.3 Å². The summed E-state index contributed by atoms with van der Waals surface area (Å²) in [5.41, 5.74) is 0.991.